The van der Waals surface area contributed by atoms with Gasteiger partial charge in [-0.2, -0.15) is 0 Å². The van der Waals surface area contributed by atoms with E-state index in [0.717, 1.165) is 12.2 Å². The van der Waals surface area contributed by atoms with Crippen LogP contribution in [0.5, 0.6) is 0 Å². The number of carbonyl (C=O) groups excluding carboxylic acids is 1. The van der Waals surface area contributed by atoms with E-state index in [-0.39, 0.29) is 24.1 Å². The molecule has 118 valence electrons. The molecule has 1 heterocycles. The first-order valence-electron chi connectivity index (χ1n) is 7.23. The lowest BCUT2D eigenvalue weighted by molar-refractivity contribution is 0.214. The Morgan fingerprint density at radius 2 is 1.86 bits per heavy atom. The molecule has 0 aliphatic carbocycles. The summed E-state index contributed by atoms with van der Waals surface area (Å²) in [7, 11) is 0. The molecule has 0 aromatic carbocycles. The summed E-state index contributed by atoms with van der Waals surface area (Å²) < 4.78 is 0. The number of nitrogens with one attached hydrogen (secondary N) is 2. The van der Waals surface area contributed by atoms with Gasteiger partial charge in [0, 0.05) is 5.41 Å². The third-order valence-corrected chi connectivity index (χ3v) is 2.89. The maximum atomic E-state index is 11.9. The van der Waals surface area contributed by atoms with Gasteiger partial charge in [0.05, 0.1) is 30.7 Å². The topological polar surface area (TPSA) is 87.1 Å². The van der Waals surface area contributed by atoms with Crippen LogP contribution in [-0.4, -0.2) is 33.8 Å². The van der Waals surface area contributed by atoms with E-state index < -0.39 is 0 Å². The molecule has 1 atom stereocenters. The van der Waals surface area contributed by atoms with Crippen molar-refractivity contribution in [3.05, 3.63) is 18.2 Å². The fourth-order valence-corrected chi connectivity index (χ4v) is 1.88. The summed E-state index contributed by atoms with van der Waals surface area (Å²) in [6.45, 7) is 10.1. The lowest BCUT2D eigenvalue weighted by Crippen LogP contribution is -2.41. The van der Waals surface area contributed by atoms with Gasteiger partial charge in [-0.15, -0.1) is 0 Å². The lowest BCUT2D eigenvalue weighted by Gasteiger charge is -2.19. The zero-order chi connectivity index (χ0) is 16.0. The number of anilines is 1. The molecule has 0 aliphatic heterocycles. The maximum absolute atomic E-state index is 11.9. The van der Waals surface area contributed by atoms with Gasteiger partial charge in [-0.3, -0.25) is 0 Å². The largest absolute Gasteiger partial charge is 0.394 e. The Kier molecular flexibility index (Phi) is 6.08. The molecule has 1 aromatic rings. The third kappa shape index (κ3) is 6.08. The van der Waals surface area contributed by atoms with Gasteiger partial charge < -0.3 is 15.7 Å². The van der Waals surface area contributed by atoms with Gasteiger partial charge in [0.1, 0.15) is 5.82 Å². The zero-order valence-electron chi connectivity index (χ0n) is 13.5. The van der Waals surface area contributed by atoms with Crippen molar-refractivity contribution < 1.29 is 9.90 Å². The van der Waals surface area contributed by atoms with Crippen LogP contribution in [0, 0.1) is 5.92 Å². The summed E-state index contributed by atoms with van der Waals surface area (Å²) in [6, 6.07) is -0.610. The quantitative estimate of drug-likeness (QED) is 0.777. The van der Waals surface area contributed by atoms with Crippen LogP contribution in [0.4, 0.5) is 10.5 Å². The Morgan fingerprint density at radius 3 is 2.29 bits per heavy atom. The number of carbonyl (C=O) groups is 1. The number of urea groups is 1. The number of amides is 2. The van der Waals surface area contributed by atoms with Crippen molar-refractivity contribution in [2.75, 3.05) is 11.9 Å². The van der Waals surface area contributed by atoms with Gasteiger partial charge in [-0.25, -0.2) is 14.8 Å². The van der Waals surface area contributed by atoms with Crippen LogP contribution < -0.4 is 10.6 Å². The Bertz CT molecular complexity index is 452. The zero-order valence-corrected chi connectivity index (χ0v) is 13.5. The van der Waals surface area contributed by atoms with Crippen molar-refractivity contribution in [2.45, 2.75) is 52.5 Å². The number of nitrogens with zero attached hydrogens (tertiary/aromatic N) is 2. The van der Waals surface area contributed by atoms with E-state index in [1.54, 1.807) is 12.4 Å². The van der Waals surface area contributed by atoms with Crippen LogP contribution in [0.2, 0.25) is 0 Å². The summed E-state index contributed by atoms with van der Waals surface area (Å²) in [5.74, 6) is 1.12. The number of hydrogen-bond acceptors (Lipinski definition) is 4. The second-order valence-corrected chi connectivity index (χ2v) is 6.65. The summed E-state index contributed by atoms with van der Waals surface area (Å²) >= 11 is 0. The second kappa shape index (κ2) is 7.36. The van der Waals surface area contributed by atoms with Crippen LogP contribution >= 0.6 is 0 Å². The van der Waals surface area contributed by atoms with Crippen molar-refractivity contribution >= 4 is 11.7 Å². The third-order valence-electron chi connectivity index (χ3n) is 2.89. The molecule has 0 saturated heterocycles. The monoisotopic (exact) mass is 294 g/mol. The summed E-state index contributed by atoms with van der Waals surface area (Å²) in [6.07, 6.45) is 3.90. The average molecular weight is 294 g/mol. The molecule has 1 aromatic heterocycles. The molecule has 21 heavy (non-hydrogen) atoms. The number of aliphatic hydroxyl groups is 1. The minimum Gasteiger partial charge on any atom is -0.394 e. The average Bonchev–Trinajstić information content (AvgIpc) is 2.36. The molecule has 6 heteroatoms. The Hall–Kier alpha value is -1.69. The van der Waals surface area contributed by atoms with Crippen molar-refractivity contribution in [1.29, 1.82) is 0 Å². The van der Waals surface area contributed by atoms with Crippen molar-refractivity contribution in [2.24, 2.45) is 5.92 Å². The summed E-state index contributed by atoms with van der Waals surface area (Å²) in [5.41, 5.74) is 0.404. The molecule has 0 saturated carbocycles. The molecule has 0 fully saturated rings. The van der Waals surface area contributed by atoms with Gasteiger partial charge in [0.15, 0.2) is 0 Å². The predicted molar refractivity (Wildman–Crippen MR) is 83.2 cm³/mol. The van der Waals surface area contributed by atoms with E-state index in [9.17, 15) is 9.90 Å². The normalized spacial score (nSPS) is 13.1. The van der Waals surface area contributed by atoms with Crippen LogP contribution in [0.1, 0.15) is 46.9 Å². The minimum atomic E-state index is -0.359. The first-order chi connectivity index (χ1) is 9.72. The van der Waals surface area contributed by atoms with Crippen molar-refractivity contribution in [1.82, 2.24) is 15.3 Å². The highest BCUT2D eigenvalue weighted by Crippen LogP contribution is 2.18. The summed E-state index contributed by atoms with van der Waals surface area (Å²) in [4.78, 5) is 20.4. The fourth-order valence-electron chi connectivity index (χ4n) is 1.88. The fraction of sp³-hybridized carbons (Fsp3) is 0.667. The van der Waals surface area contributed by atoms with Gasteiger partial charge in [-0.1, -0.05) is 34.6 Å². The van der Waals surface area contributed by atoms with Gasteiger partial charge >= 0.3 is 6.03 Å². The Labute approximate surface area is 126 Å². The number of hydrogen-bond donors (Lipinski definition) is 3. The first kappa shape index (κ1) is 17.4. The molecule has 3 N–H and O–H groups in total. The van der Waals surface area contributed by atoms with E-state index in [0.29, 0.717) is 11.6 Å². The highest BCUT2D eigenvalue weighted by molar-refractivity contribution is 5.89. The van der Waals surface area contributed by atoms with E-state index in [4.69, 9.17) is 0 Å². The van der Waals surface area contributed by atoms with Gasteiger partial charge in [0.2, 0.25) is 0 Å². The molecule has 0 aliphatic rings. The van der Waals surface area contributed by atoms with E-state index >= 15 is 0 Å². The highest BCUT2D eigenvalue weighted by Gasteiger charge is 2.17. The van der Waals surface area contributed by atoms with Crippen LogP contribution in [0.3, 0.4) is 0 Å². The number of rotatable bonds is 5. The Balaban J connectivity index is 2.58. The smallest absolute Gasteiger partial charge is 0.319 e. The van der Waals surface area contributed by atoms with Crippen molar-refractivity contribution in [3.63, 3.8) is 0 Å². The van der Waals surface area contributed by atoms with Gasteiger partial charge in [-0.05, 0) is 12.3 Å². The number of aliphatic hydroxyl groups excluding tert-OH is 1. The molecule has 1 unspecified atom stereocenters. The second-order valence-electron chi connectivity index (χ2n) is 6.65. The molecule has 6 nitrogen and oxygen atoms in total. The molecule has 1 rings (SSSR count). The SMILES string of the molecule is CC(C)CC(CO)NC(=O)Nc1cnc(C(C)(C)C)nc1. The standard InChI is InChI=1S/C15H26N4O2/c1-10(2)6-11(9-20)18-14(21)19-12-7-16-13(17-8-12)15(3,4)5/h7-8,10-11,20H,6,9H2,1-5H3,(H2,18,19,21). The maximum Gasteiger partial charge on any atom is 0.319 e. The molecule has 2 amide bonds. The molecular weight excluding hydrogens is 268 g/mol. The first-order valence-corrected chi connectivity index (χ1v) is 7.23. The van der Waals surface area contributed by atoms with E-state index in [2.05, 4.69) is 20.6 Å². The predicted octanol–water partition coefficient (Wildman–Crippen LogP) is 2.30. The highest BCUT2D eigenvalue weighted by atomic mass is 16.3. The number of aromatic nitrogens is 2. The van der Waals surface area contributed by atoms with Crippen molar-refractivity contribution in [3.8, 4) is 0 Å². The minimum absolute atomic E-state index is 0.0783. The Morgan fingerprint density at radius 1 is 1.29 bits per heavy atom. The van der Waals surface area contributed by atoms with Gasteiger partial charge in [0.25, 0.3) is 0 Å². The van der Waals surface area contributed by atoms with E-state index in [1.165, 1.54) is 0 Å². The molecule has 0 spiro atoms. The molecular formula is C15H26N4O2. The van der Waals surface area contributed by atoms with Crippen LogP contribution in [0.15, 0.2) is 12.4 Å². The molecule has 0 radical (unpaired) electrons. The van der Waals surface area contributed by atoms with Crippen LogP contribution in [0.25, 0.3) is 0 Å². The molecule has 0 bridgehead atoms. The van der Waals surface area contributed by atoms with E-state index in [1.807, 2.05) is 34.6 Å². The van der Waals surface area contributed by atoms with Crippen LogP contribution in [-0.2, 0) is 5.41 Å². The summed E-state index contributed by atoms with van der Waals surface area (Å²) in [5, 5.41) is 14.7. The lowest BCUT2D eigenvalue weighted by atomic mass is 9.96.